The van der Waals surface area contributed by atoms with Crippen molar-refractivity contribution in [1.29, 1.82) is 0 Å². The summed E-state index contributed by atoms with van der Waals surface area (Å²) in [5.41, 5.74) is 0. The minimum atomic E-state index is 0. The minimum Gasteiger partial charge on any atom is -0.378 e. The predicted molar refractivity (Wildman–Crippen MR) is 136 cm³/mol. The van der Waals surface area contributed by atoms with Crippen LogP contribution < -0.4 is 16.0 Å². The summed E-state index contributed by atoms with van der Waals surface area (Å²) in [5, 5.41) is 10.0. The van der Waals surface area contributed by atoms with Crippen LogP contribution >= 0.6 is 24.0 Å². The van der Waals surface area contributed by atoms with E-state index in [0.717, 1.165) is 57.6 Å². The summed E-state index contributed by atoms with van der Waals surface area (Å²) >= 11 is 0. The maximum atomic E-state index is 12.3. The van der Waals surface area contributed by atoms with Crippen LogP contribution in [0.3, 0.4) is 0 Å². The molecule has 2 aliphatic carbocycles. The maximum absolute atomic E-state index is 12.3. The Morgan fingerprint density at radius 2 is 1.77 bits per heavy atom. The van der Waals surface area contributed by atoms with Crippen molar-refractivity contribution in [2.75, 3.05) is 20.2 Å². The molecule has 176 valence electrons. The Morgan fingerprint density at radius 3 is 2.43 bits per heavy atom. The third-order valence-electron chi connectivity index (χ3n) is 6.06. The number of amides is 1. The van der Waals surface area contributed by atoms with Crippen LogP contribution in [0.15, 0.2) is 4.99 Å². The molecule has 2 unspecified atom stereocenters. The van der Waals surface area contributed by atoms with E-state index < -0.39 is 0 Å². The zero-order valence-electron chi connectivity index (χ0n) is 19.4. The van der Waals surface area contributed by atoms with Gasteiger partial charge in [0.1, 0.15) is 0 Å². The van der Waals surface area contributed by atoms with Gasteiger partial charge in [0.15, 0.2) is 5.96 Å². The number of rotatable bonds is 9. The number of carbonyl (C=O) groups is 1. The van der Waals surface area contributed by atoms with Gasteiger partial charge < -0.3 is 20.7 Å². The Labute approximate surface area is 201 Å². The number of carbonyl (C=O) groups excluding carboxylic acids is 1. The summed E-state index contributed by atoms with van der Waals surface area (Å²) in [6.07, 6.45) is 14.6. The second-order valence-electron chi connectivity index (χ2n) is 9.06. The van der Waals surface area contributed by atoms with Gasteiger partial charge >= 0.3 is 0 Å². The number of hydrogen-bond acceptors (Lipinski definition) is 3. The van der Waals surface area contributed by atoms with Gasteiger partial charge in [0, 0.05) is 38.2 Å². The number of unbranched alkanes of at least 4 members (excludes halogenated alkanes) is 1. The Bertz CT molecular complexity index is 494. The molecule has 3 N–H and O–H groups in total. The number of aliphatic imine (C=N–C) groups is 1. The van der Waals surface area contributed by atoms with Crippen LogP contribution in [0.2, 0.25) is 0 Å². The van der Waals surface area contributed by atoms with Crippen molar-refractivity contribution in [3.05, 3.63) is 0 Å². The lowest BCUT2D eigenvalue weighted by Gasteiger charge is -2.30. The van der Waals surface area contributed by atoms with Crippen LogP contribution in [0.4, 0.5) is 0 Å². The first kappa shape index (κ1) is 27.5. The van der Waals surface area contributed by atoms with Gasteiger partial charge in [-0.1, -0.05) is 32.1 Å². The van der Waals surface area contributed by atoms with Crippen molar-refractivity contribution in [1.82, 2.24) is 16.0 Å². The van der Waals surface area contributed by atoms with E-state index in [1.54, 1.807) is 0 Å². The van der Waals surface area contributed by atoms with E-state index in [-0.39, 0.29) is 41.8 Å². The number of nitrogens with one attached hydrogen (secondary N) is 3. The highest BCUT2D eigenvalue weighted by atomic mass is 127. The van der Waals surface area contributed by atoms with E-state index in [0.29, 0.717) is 12.1 Å². The number of ether oxygens (including phenoxy) is 1. The molecule has 0 aromatic heterocycles. The number of guanidine groups is 1. The van der Waals surface area contributed by atoms with E-state index in [1.807, 2.05) is 20.9 Å². The van der Waals surface area contributed by atoms with Crippen molar-refractivity contribution in [2.45, 2.75) is 109 Å². The minimum absolute atomic E-state index is 0. The highest BCUT2D eigenvalue weighted by Gasteiger charge is 2.27. The number of nitrogens with zero attached hydrogens (tertiary/aromatic N) is 1. The van der Waals surface area contributed by atoms with E-state index in [9.17, 15) is 4.79 Å². The molecule has 30 heavy (non-hydrogen) atoms. The summed E-state index contributed by atoms with van der Waals surface area (Å²) < 4.78 is 6.07. The molecule has 0 aromatic rings. The molecule has 2 fully saturated rings. The van der Waals surface area contributed by atoms with E-state index >= 15 is 0 Å². The molecule has 2 rings (SSSR count). The summed E-state index contributed by atoms with van der Waals surface area (Å²) in [6, 6.07) is 0.522. The lowest BCUT2D eigenvalue weighted by molar-refractivity contribution is -0.126. The zero-order chi connectivity index (χ0) is 20.9. The smallest absolute Gasteiger partial charge is 0.223 e. The molecule has 0 aliphatic heterocycles. The van der Waals surface area contributed by atoms with Crippen molar-refractivity contribution in [3.8, 4) is 0 Å². The average molecular weight is 537 g/mol. The molecule has 0 aromatic carbocycles. The summed E-state index contributed by atoms with van der Waals surface area (Å²) in [7, 11) is 1.82. The van der Waals surface area contributed by atoms with Gasteiger partial charge in [0.2, 0.25) is 5.91 Å². The fourth-order valence-electron chi connectivity index (χ4n) is 4.44. The Balaban J connectivity index is 0.00000450. The topological polar surface area (TPSA) is 74.8 Å². The molecular weight excluding hydrogens is 491 g/mol. The third-order valence-corrected chi connectivity index (χ3v) is 6.06. The molecular formula is C23H45IN4O2. The van der Waals surface area contributed by atoms with Gasteiger partial charge in [-0.25, -0.2) is 0 Å². The fourth-order valence-corrected chi connectivity index (χ4v) is 4.44. The van der Waals surface area contributed by atoms with E-state index in [2.05, 4.69) is 20.9 Å². The van der Waals surface area contributed by atoms with Crippen LogP contribution in [-0.2, 0) is 9.53 Å². The summed E-state index contributed by atoms with van der Waals surface area (Å²) in [4.78, 5) is 16.7. The molecule has 0 spiro atoms. The first-order chi connectivity index (χ1) is 14.1. The summed E-state index contributed by atoms with van der Waals surface area (Å²) in [6.45, 7) is 5.80. The van der Waals surface area contributed by atoms with Gasteiger partial charge in [0.05, 0.1) is 6.10 Å². The number of hydrogen-bond donors (Lipinski definition) is 3. The second kappa shape index (κ2) is 16.1. The van der Waals surface area contributed by atoms with Gasteiger partial charge in [0.25, 0.3) is 0 Å². The Morgan fingerprint density at radius 1 is 1.03 bits per heavy atom. The van der Waals surface area contributed by atoms with Crippen molar-refractivity contribution in [2.24, 2.45) is 10.9 Å². The monoisotopic (exact) mass is 536 g/mol. The lowest BCUT2D eigenvalue weighted by Crippen LogP contribution is -2.47. The first-order valence-electron chi connectivity index (χ1n) is 12.0. The molecule has 1 amide bonds. The standard InChI is InChI=1S/C23H44N4O2.HI/c1-18(2)26-22(28)19-11-10-12-20(17-19)27-23(24-3)25-15-8-9-16-29-21-13-6-4-5-7-14-21;/h18-21H,4-17H2,1-3H3,(H,26,28)(H2,24,25,27);1H. The Kier molecular flexibility index (Phi) is 14.8. The molecule has 6 nitrogen and oxygen atoms in total. The van der Waals surface area contributed by atoms with Gasteiger partial charge in [-0.15, -0.1) is 24.0 Å². The third kappa shape index (κ3) is 11.2. The SMILES string of the molecule is CN=C(NCCCCOC1CCCCCC1)NC1CCCC(C(=O)NC(C)C)C1.I. The first-order valence-corrected chi connectivity index (χ1v) is 12.0. The van der Waals surface area contributed by atoms with Crippen LogP contribution in [-0.4, -0.2) is 50.3 Å². The molecule has 0 saturated heterocycles. The van der Waals surface area contributed by atoms with Crippen LogP contribution in [0.5, 0.6) is 0 Å². The largest absolute Gasteiger partial charge is 0.378 e. The molecule has 0 heterocycles. The predicted octanol–water partition coefficient (Wildman–Crippen LogP) is 4.37. The van der Waals surface area contributed by atoms with Crippen molar-refractivity contribution >= 4 is 35.8 Å². The molecule has 7 heteroatoms. The molecule has 2 aliphatic rings. The molecule has 0 bridgehead atoms. The summed E-state index contributed by atoms with van der Waals surface area (Å²) in [5.74, 6) is 1.16. The molecule has 0 radical (unpaired) electrons. The van der Waals surface area contributed by atoms with E-state index in [1.165, 1.54) is 38.5 Å². The highest BCUT2D eigenvalue weighted by molar-refractivity contribution is 14.0. The number of halogens is 1. The van der Waals surface area contributed by atoms with Crippen LogP contribution in [0.25, 0.3) is 0 Å². The maximum Gasteiger partial charge on any atom is 0.223 e. The van der Waals surface area contributed by atoms with Gasteiger partial charge in [-0.2, -0.15) is 0 Å². The van der Waals surface area contributed by atoms with Crippen molar-refractivity contribution in [3.63, 3.8) is 0 Å². The highest BCUT2D eigenvalue weighted by Crippen LogP contribution is 2.24. The quantitative estimate of drug-likeness (QED) is 0.135. The second-order valence-corrected chi connectivity index (χ2v) is 9.06. The fraction of sp³-hybridized carbons (Fsp3) is 0.913. The van der Waals surface area contributed by atoms with Crippen LogP contribution in [0, 0.1) is 5.92 Å². The van der Waals surface area contributed by atoms with Crippen molar-refractivity contribution < 1.29 is 9.53 Å². The van der Waals surface area contributed by atoms with Gasteiger partial charge in [-0.3, -0.25) is 9.79 Å². The van der Waals surface area contributed by atoms with Crippen LogP contribution in [0.1, 0.15) is 90.9 Å². The van der Waals surface area contributed by atoms with E-state index in [4.69, 9.17) is 4.74 Å². The zero-order valence-corrected chi connectivity index (χ0v) is 21.7. The lowest BCUT2D eigenvalue weighted by atomic mass is 9.85. The molecule has 2 saturated carbocycles. The Hall–Kier alpha value is -0.570. The molecule has 2 atom stereocenters. The normalized spacial score (nSPS) is 23.4. The average Bonchev–Trinajstić information content (AvgIpc) is 2.98. The van der Waals surface area contributed by atoms with Gasteiger partial charge in [-0.05, 0) is 58.8 Å².